The number of carbonyl (C=O) groups is 1. The molecule has 0 spiro atoms. The first-order chi connectivity index (χ1) is 8.85. The van der Waals surface area contributed by atoms with Crippen LogP contribution in [-0.4, -0.2) is 16.7 Å². The first kappa shape index (κ1) is 14.1. The van der Waals surface area contributed by atoms with Crippen LogP contribution in [0.15, 0.2) is 16.7 Å². The van der Waals surface area contributed by atoms with Crippen LogP contribution in [0.1, 0.15) is 45.1 Å². The monoisotopic (exact) mass is 327 g/mol. The van der Waals surface area contributed by atoms with Crippen molar-refractivity contribution in [3.8, 4) is 0 Å². The Morgan fingerprint density at radius 1 is 1.47 bits per heavy atom. The molecule has 2 N–H and O–H groups in total. The summed E-state index contributed by atoms with van der Waals surface area (Å²) in [6.07, 6.45) is 3.64. The van der Waals surface area contributed by atoms with Crippen LogP contribution < -0.4 is 10.9 Å². The molecule has 1 amide bonds. The van der Waals surface area contributed by atoms with Crippen molar-refractivity contribution in [2.45, 2.75) is 45.1 Å². The predicted molar refractivity (Wildman–Crippen MR) is 76.9 cm³/mol. The molecule has 104 valence electrons. The number of ether oxygens (including phenoxy) is 1. The smallest absolute Gasteiger partial charge is 0.426 e. The van der Waals surface area contributed by atoms with Gasteiger partial charge in [0.25, 0.3) is 0 Å². The zero-order valence-electron chi connectivity index (χ0n) is 11.3. The first-order valence-corrected chi connectivity index (χ1v) is 7.05. The summed E-state index contributed by atoms with van der Waals surface area (Å²) in [4.78, 5) is 15.7. The molecule has 0 unspecified atom stereocenters. The number of amides is 1. The molecule has 1 aromatic heterocycles. The largest absolute Gasteiger partial charge is 0.443 e. The third kappa shape index (κ3) is 4.38. The van der Waals surface area contributed by atoms with Crippen LogP contribution in [0, 0.1) is 0 Å². The highest BCUT2D eigenvalue weighted by molar-refractivity contribution is 9.10. The van der Waals surface area contributed by atoms with Gasteiger partial charge in [-0.05, 0) is 67.1 Å². The summed E-state index contributed by atoms with van der Waals surface area (Å²) in [6.45, 7) is 5.45. The Balaban J connectivity index is 1.93. The van der Waals surface area contributed by atoms with Crippen molar-refractivity contribution in [2.75, 3.05) is 5.43 Å². The molecule has 0 aliphatic heterocycles. The summed E-state index contributed by atoms with van der Waals surface area (Å²) < 4.78 is 6.14. The van der Waals surface area contributed by atoms with Crippen LogP contribution in [0.25, 0.3) is 0 Å². The third-order valence-electron chi connectivity index (χ3n) is 2.59. The molecule has 1 aliphatic rings. The van der Waals surface area contributed by atoms with Crippen molar-refractivity contribution in [1.29, 1.82) is 0 Å². The predicted octanol–water partition coefficient (Wildman–Crippen LogP) is 3.57. The number of hydrazine groups is 1. The van der Waals surface area contributed by atoms with Crippen LogP contribution in [0.2, 0.25) is 0 Å². The van der Waals surface area contributed by atoms with E-state index in [0.29, 0.717) is 11.7 Å². The lowest BCUT2D eigenvalue weighted by molar-refractivity contribution is 0.0541. The number of rotatable bonds is 3. The molecule has 6 heteroatoms. The topological polar surface area (TPSA) is 63.2 Å². The van der Waals surface area contributed by atoms with Gasteiger partial charge in [0.05, 0.1) is 0 Å². The molecular formula is C13H18BrN3O2. The molecule has 1 heterocycles. The van der Waals surface area contributed by atoms with Gasteiger partial charge in [0.1, 0.15) is 11.4 Å². The molecule has 0 aromatic carbocycles. The van der Waals surface area contributed by atoms with E-state index in [0.717, 1.165) is 4.47 Å². The molecule has 19 heavy (non-hydrogen) atoms. The van der Waals surface area contributed by atoms with E-state index in [9.17, 15) is 4.79 Å². The Labute approximate surface area is 121 Å². The lowest BCUT2D eigenvalue weighted by Gasteiger charge is -2.20. The highest BCUT2D eigenvalue weighted by Gasteiger charge is 2.26. The molecule has 1 aliphatic carbocycles. The maximum atomic E-state index is 11.5. The van der Waals surface area contributed by atoms with E-state index in [-0.39, 0.29) is 0 Å². The zero-order chi connectivity index (χ0) is 14.0. The van der Waals surface area contributed by atoms with Gasteiger partial charge in [-0.3, -0.25) is 5.43 Å². The fourth-order valence-corrected chi connectivity index (χ4v) is 2.19. The van der Waals surface area contributed by atoms with Gasteiger partial charge >= 0.3 is 6.09 Å². The van der Waals surface area contributed by atoms with Crippen LogP contribution in [0.3, 0.4) is 0 Å². The van der Waals surface area contributed by atoms with Gasteiger partial charge in [-0.2, -0.15) is 0 Å². The molecular weight excluding hydrogens is 310 g/mol. The molecule has 0 radical (unpaired) electrons. The number of hydrogen-bond donors (Lipinski definition) is 2. The number of anilines is 1. The van der Waals surface area contributed by atoms with Crippen molar-refractivity contribution < 1.29 is 9.53 Å². The van der Waals surface area contributed by atoms with Crippen molar-refractivity contribution in [1.82, 2.24) is 10.4 Å². The summed E-state index contributed by atoms with van der Waals surface area (Å²) >= 11 is 3.49. The molecule has 1 fully saturated rings. The fourth-order valence-electron chi connectivity index (χ4n) is 1.65. The summed E-state index contributed by atoms with van der Waals surface area (Å²) in [6, 6.07) is 1.94. The highest BCUT2D eigenvalue weighted by Crippen LogP contribution is 2.43. The molecule has 0 atom stereocenters. The number of pyridine rings is 1. The number of nitrogens with zero attached hydrogens (tertiary/aromatic N) is 1. The van der Waals surface area contributed by atoms with Crippen molar-refractivity contribution >= 4 is 27.8 Å². The lowest BCUT2D eigenvalue weighted by Crippen LogP contribution is -2.36. The van der Waals surface area contributed by atoms with Gasteiger partial charge < -0.3 is 4.74 Å². The minimum absolute atomic E-state index is 0.516. The number of hydrogen-bond acceptors (Lipinski definition) is 4. The Kier molecular flexibility index (Phi) is 3.99. The second-order valence-corrected chi connectivity index (χ2v) is 6.47. The maximum absolute atomic E-state index is 11.5. The number of nitrogens with one attached hydrogen (secondary N) is 2. The second-order valence-electron chi connectivity index (χ2n) is 5.62. The number of carbonyl (C=O) groups excluding carboxylic acids is 1. The summed E-state index contributed by atoms with van der Waals surface area (Å²) in [5.41, 5.74) is 5.94. The summed E-state index contributed by atoms with van der Waals surface area (Å²) in [7, 11) is 0. The Hall–Kier alpha value is -1.30. The Morgan fingerprint density at radius 3 is 2.74 bits per heavy atom. The van der Waals surface area contributed by atoms with Crippen LogP contribution in [0.5, 0.6) is 0 Å². The van der Waals surface area contributed by atoms with Crippen molar-refractivity contribution in [3.05, 3.63) is 22.3 Å². The van der Waals surface area contributed by atoms with E-state index in [1.807, 2.05) is 26.8 Å². The minimum Gasteiger partial charge on any atom is -0.443 e. The minimum atomic E-state index is -0.523. The van der Waals surface area contributed by atoms with Crippen LogP contribution in [0.4, 0.5) is 10.6 Å². The first-order valence-electron chi connectivity index (χ1n) is 6.25. The van der Waals surface area contributed by atoms with Gasteiger partial charge in [-0.25, -0.2) is 15.2 Å². The van der Waals surface area contributed by atoms with E-state index in [1.165, 1.54) is 18.4 Å². The van der Waals surface area contributed by atoms with Gasteiger partial charge in [0, 0.05) is 10.7 Å². The van der Waals surface area contributed by atoms with E-state index in [1.54, 1.807) is 6.20 Å². The summed E-state index contributed by atoms with van der Waals surface area (Å²) in [5, 5.41) is 0. The van der Waals surface area contributed by atoms with Crippen molar-refractivity contribution in [3.63, 3.8) is 0 Å². The van der Waals surface area contributed by atoms with Crippen LogP contribution in [-0.2, 0) is 4.74 Å². The molecule has 0 bridgehead atoms. The second kappa shape index (κ2) is 5.36. The maximum Gasteiger partial charge on any atom is 0.426 e. The normalized spacial score (nSPS) is 14.9. The standard InChI is InChI=1S/C13H18BrN3O2/c1-13(2,3)19-12(18)17-16-11-6-9(8-4-5-8)10(14)7-15-11/h6-8H,4-5H2,1-3H3,(H,15,16)(H,17,18). The summed E-state index contributed by atoms with van der Waals surface area (Å²) in [5.74, 6) is 1.22. The van der Waals surface area contributed by atoms with Gasteiger partial charge in [-0.1, -0.05) is 0 Å². The van der Waals surface area contributed by atoms with E-state index in [4.69, 9.17) is 4.74 Å². The third-order valence-corrected chi connectivity index (χ3v) is 3.26. The molecule has 5 nitrogen and oxygen atoms in total. The number of halogens is 1. The molecule has 1 aromatic rings. The van der Waals surface area contributed by atoms with Crippen LogP contribution >= 0.6 is 15.9 Å². The van der Waals surface area contributed by atoms with Gasteiger partial charge in [0.15, 0.2) is 0 Å². The van der Waals surface area contributed by atoms with E-state index >= 15 is 0 Å². The lowest BCUT2D eigenvalue weighted by atomic mass is 10.2. The van der Waals surface area contributed by atoms with Gasteiger partial charge in [-0.15, -0.1) is 0 Å². The quantitative estimate of drug-likeness (QED) is 0.833. The zero-order valence-corrected chi connectivity index (χ0v) is 12.9. The highest BCUT2D eigenvalue weighted by atomic mass is 79.9. The molecule has 2 rings (SSSR count). The van der Waals surface area contributed by atoms with Gasteiger partial charge in [0.2, 0.25) is 0 Å². The van der Waals surface area contributed by atoms with E-state index in [2.05, 4.69) is 31.8 Å². The molecule has 0 saturated heterocycles. The fraction of sp³-hybridized carbons (Fsp3) is 0.538. The number of aromatic nitrogens is 1. The Morgan fingerprint density at radius 2 is 2.16 bits per heavy atom. The molecule has 1 saturated carbocycles. The van der Waals surface area contributed by atoms with E-state index < -0.39 is 11.7 Å². The average Bonchev–Trinajstić information content (AvgIpc) is 3.09. The Bertz CT molecular complexity index is 481. The van der Waals surface area contributed by atoms with Crippen molar-refractivity contribution in [2.24, 2.45) is 0 Å². The SMILES string of the molecule is CC(C)(C)OC(=O)NNc1cc(C2CC2)c(Br)cn1. The average molecular weight is 328 g/mol.